The quantitative estimate of drug-likeness (QED) is 0.719. The van der Waals surface area contributed by atoms with Gasteiger partial charge in [-0.05, 0) is 38.8 Å². The average Bonchev–Trinajstić information content (AvgIpc) is 2.61. The molecule has 2 unspecified atom stereocenters. The zero-order valence-electron chi connectivity index (χ0n) is 10.2. The van der Waals surface area contributed by atoms with Crippen LogP contribution in [0.4, 0.5) is 0 Å². The number of rotatable bonds is 6. The van der Waals surface area contributed by atoms with E-state index in [4.69, 9.17) is 4.74 Å². The Labute approximate surface area is 109 Å². The molecule has 1 aliphatic heterocycles. The topological polar surface area (TPSA) is 67.4 Å². The molecule has 1 aliphatic carbocycles. The van der Waals surface area contributed by atoms with E-state index in [2.05, 4.69) is 10.0 Å². The highest BCUT2D eigenvalue weighted by molar-refractivity contribution is 7.89. The molecule has 2 atom stereocenters. The van der Waals surface area contributed by atoms with Crippen LogP contribution in [0, 0.1) is 11.8 Å². The summed E-state index contributed by atoms with van der Waals surface area (Å²) in [6.07, 6.45) is 0.0831. The molecule has 1 saturated heterocycles. The molecule has 0 radical (unpaired) electrons. The van der Waals surface area contributed by atoms with E-state index in [1.165, 1.54) is 0 Å². The van der Waals surface area contributed by atoms with Gasteiger partial charge in [0, 0.05) is 6.04 Å². The molecule has 0 aromatic heterocycles. The molecule has 0 amide bonds. The van der Waals surface area contributed by atoms with Crippen molar-refractivity contribution in [1.82, 2.24) is 10.0 Å². The smallest absolute Gasteiger partial charge is 0.214 e. The second kappa shape index (κ2) is 5.84. The molecule has 7 heteroatoms. The lowest BCUT2D eigenvalue weighted by atomic mass is 10.4. The fourth-order valence-corrected chi connectivity index (χ4v) is 3.45. The van der Waals surface area contributed by atoms with Gasteiger partial charge in [-0.1, -0.05) is 0 Å². The third kappa shape index (κ3) is 4.06. The number of sulfonamides is 1. The Morgan fingerprint density at radius 1 is 1.35 bits per heavy atom. The highest BCUT2D eigenvalue weighted by atomic mass is 35.5. The molecule has 0 bridgehead atoms. The summed E-state index contributed by atoms with van der Waals surface area (Å²) in [7, 11) is -3.16. The molecule has 17 heavy (non-hydrogen) atoms. The summed E-state index contributed by atoms with van der Waals surface area (Å²) < 4.78 is 31.4. The van der Waals surface area contributed by atoms with Gasteiger partial charge in [-0.25, -0.2) is 13.1 Å². The van der Waals surface area contributed by atoms with Crippen LogP contribution < -0.4 is 10.0 Å². The molecule has 0 aromatic rings. The molecule has 0 aromatic carbocycles. The zero-order chi connectivity index (χ0) is 11.8. The lowest BCUT2D eigenvalue weighted by Gasteiger charge is -2.10. The monoisotopic (exact) mass is 284 g/mol. The van der Waals surface area contributed by atoms with Gasteiger partial charge < -0.3 is 10.1 Å². The van der Waals surface area contributed by atoms with E-state index in [0.29, 0.717) is 11.8 Å². The molecule has 102 valence electrons. The van der Waals surface area contributed by atoms with Crippen molar-refractivity contribution in [3.63, 3.8) is 0 Å². The summed E-state index contributed by atoms with van der Waals surface area (Å²) in [5.41, 5.74) is 0. The van der Waals surface area contributed by atoms with Crippen molar-refractivity contribution in [3.05, 3.63) is 0 Å². The van der Waals surface area contributed by atoms with E-state index >= 15 is 0 Å². The largest absolute Gasteiger partial charge is 0.378 e. The molecule has 2 N–H and O–H groups in total. The number of nitrogens with one attached hydrogen (secondary N) is 2. The number of fused-ring (bicyclic) bond motifs is 1. The maximum absolute atomic E-state index is 11.7. The molecule has 2 aliphatic rings. The van der Waals surface area contributed by atoms with Crippen molar-refractivity contribution >= 4 is 22.4 Å². The Bertz CT molecular complexity index is 337. The maximum atomic E-state index is 11.7. The minimum Gasteiger partial charge on any atom is -0.378 e. The van der Waals surface area contributed by atoms with Crippen LogP contribution in [0.1, 0.15) is 13.8 Å². The Balaban J connectivity index is 0.00000144. The predicted octanol–water partition coefficient (Wildman–Crippen LogP) is -0.0296. The van der Waals surface area contributed by atoms with Crippen molar-refractivity contribution in [2.75, 3.05) is 25.4 Å². The van der Waals surface area contributed by atoms with E-state index in [9.17, 15) is 8.42 Å². The molecule has 1 heterocycles. The summed E-state index contributed by atoms with van der Waals surface area (Å²) in [5, 5.41) is 3.24. The Morgan fingerprint density at radius 2 is 1.94 bits per heavy atom. The summed E-state index contributed by atoms with van der Waals surface area (Å²) in [5.74, 6) is 1.09. The summed E-state index contributed by atoms with van der Waals surface area (Å²) in [6.45, 7) is 5.96. The zero-order valence-corrected chi connectivity index (χ0v) is 11.8. The van der Waals surface area contributed by atoms with Crippen molar-refractivity contribution in [1.29, 1.82) is 0 Å². The molecule has 5 nitrogen and oxygen atoms in total. The third-order valence-corrected chi connectivity index (χ3v) is 4.55. The molecule has 1 saturated carbocycles. The van der Waals surface area contributed by atoms with Crippen LogP contribution in [0.25, 0.3) is 0 Å². The minimum absolute atomic E-state index is 0. The minimum atomic E-state index is -3.16. The van der Waals surface area contributed by atoms with Gasteiger partial charge in [0.25, 0.3) is 0 Å². The molecule has 0 spiro atoms. The van der Waals surface area contributed by atoms with Gasteiger partial charge in [0.2, 0.25) is 10.0 Å². The Kier molecular flexibility index (Phi) is 5.21. The van der Waals surface area contributed by atoms with Gasteiger partial charge in [-0.15, -0.1) is 12.4 Å². The van der Waals surface area contributed by atoms with Gasteiger partial charge >= 0.3 is 0 Å². The molecule has 2 fully saturated rings. The summed E-state index contributed by atoms with van der Waals surface area (Å²) >= 11 is 0. The van der Waals surface area contributed by atoms with Gasteiger partial charge in [-0.2, -0.15) is 0 Å². The second-order valence-electron chi connectivity index (χ2n) is 4.87. The summed E-state index contributed by atoms with van der Waals surface area (Å²) in [4.78, 5) is 0. The second-order valence-corrected chi connectivity index (χ2v) is 6.74. The molecular weight excluding hydrogens is 264 g/mol. The first-order valence-electron chi connectivity index (χ1n) is 5.82. The van der Waals surface area contributed by atoms with E-state index in [1.54, 1.807) is 0 Å². The first-order valence-corrected chi connectivity index (χ1v) is 7.47. The van der Waals surface area contributed by atoms with Crippen molar-refractivity contribution in [2.24, 2.45) is 11.8 Å². The van der Waals surface area contributed by atoms with Crippen LogP contribution in [0.5, 0.6) is 0 Å². The van der Waals surface area contributed by atoms with Crippen molar-refractivity contribution in [3.8, 4) is 0 Å². The Hall–Kier alpha value is 0.120. The molecule has 2 rings (SSSR count). The van der Waals surface area contributed by atoms with Crippen LogP contribution in [0.15, 0.2) is 0 Å². The van der Waals surface area contributed by atoms with E-state index in [0.717, 1.165) is 13.1 Å². The van der Waals surface area contributed by atoms with Gasteiger partial charge in [-0.3, -0.25) is 0 Å². The van der Waals surface area contributed by atoms with E-state index < -0.39 is 10.0 Å². The first-order chi connectivity index (χ1) is 7.49. The SMILES string of the molecule is CC(C)OCCS(=O)(=O)NC1C2CNCC21.Cl. The Morgan fingerprint density at radius 3 is 2.47 bits per heavy atom. The van der Waals surface area contributed by atoms with Crippen molar-refractivity contribution in [2.45, 2.75) is 26.0 Å². The number of hydrogen-bond acceptors (Lipinski definition) is 4. The van der Waals surface area contributed by atoms with Crippen LogP contribution in [-0.2, 0) is 14.8 Å². The first kappa shape index (κ1) is 15.2. The van der Waals surface area contributed by atoms with Crippen LogP contribution in [0.3, 0.4) is 0 Å². The number of ether oxygens (including phenoxy) is 1. The fourth-order valence-electron chi connectivity index (χ4n) is 2.25. The lowest BCUT2D eigenvalue weighted by molar-refractivity contribution is 0.0911. The normalized spacial score (nSPS) is 31.1. The highest BCUT2D eigenvalue weighted by Gasteiger charge is 2.54. The highest BCUT2D eigenvalue weighted by Crippen LogP contribution is 2.41. The number of piperidine rings is 1. The average molecular weight is 285 g/mol. The van der Waals surface area contributed by atoms with Crippen molar-refractivity contribution < 1.29 is 13.2 Å². The lowest BCUT2D eigenvalue weighted by Crippen LogP contribution is -2.35. The van der Waals surface area contributed by atoms with Gasteiger partial charge in [0.15, 0.2) is 0 Å². The van der Waals surface area contributed by atoms with E-state index in [-0.39, 0.29) is 36.9 Å². The standard InChI is InChI=1S/C10H20N2O3S.ClH/c1-7(2)15-3-4-16(13,14)12-10-8-5-11-6-9(8)10;/h7-12H,3-6H2,1-2H3;1H. The fraction of sp³-hybridized carbons (Fsp3) is 1.00. The number of halogens is 1. The van der Waals surface area contributed by atoms with Crippen LogP contribution in [0.2, 0.25) is 0 Å². The summed E-state index contributed by atoms with van der Waals surface area (Å²) in [6, 6.07) is 0.172. The van der Waals surface area contributed by atoms with Gasteiger partial charge in [0.1, 0.15) is 0 Å². The molecular formula is C10H21ClN2O3S. The van der Waals surface area contributed by atoms with Gasteiger partial charge in [0.05, 0.1) is 18.5 Å². The van der Waals surface area contributed by atoms with Crippen LogP contribution >= 0.6 is 12.4 Å². The predicted molar refractivity (Wildman–Crippen MR) is 68.9 cm³/mol. The maximum Gasteiger partial charge on any atom is 0.214 e. The van der Waals surface area contributed by atoms with Crippen LogP contribution in [-0.4, -0.2) is 46.0 Å². The third-order valence-electron chi connectivity index (χ3n) is 3.21. The van der Waals surface area contributed by atoms with E-state index in [1.807, 2.05) is 13.8 Å². The number of hydrogen-bond donors (Lipinski definition) is 2.